The maximum absolute atomic E-state index is 12.9. The highest BCUT2D eigenvalue weighted by Crippen LogP contribution is 2.40. The molecule has 2 N–H and O–H groups in total. The van der Waals surface area contributed by atoms with Gasteiger partial charge in [0.2, 0.25) is 0 Å². The zero-order valence-corrected chi connectivity index (χ0v) is 19.5. The van der Waals surface area contributed by atoms with E-state index in [0.717, 1.165) is 25.9 Å². The third-order valence-corrected chi connectivity index (χ3v) is 7.06. The lowest BCUT2D eigenvalue weighted by molar-refractivity contribution is 0.248. The molecule has 1 atom stereocenters. The number of methoxy groups -OCH3 is 1. The van der Waals surface area contributed by atoms with E-state index in [2.05, 4.69) is 46.5 Å². The molecular formula is C23H27ClN4O2S. The topological polar surface area (TPSA) is 58.5 Å². The van der Waals surface area contributed by atoms with Gasteiger partial charge in [-0.25, -0.2) is 4.79 Å². The predicted octanol–water partition coefficient (Wildman–Crippen LogP) is 5.46. The highest BCUT2D eigenvalue weighted by Gasteiger charge is 2.28. The van der Waals surface area contributed by atoms with Crippen molar-refractivity contribution in [2.24, 2.45) is 0 Å². The van der Waals surface area contributed by atoms with Crippen LogP contribution in [-0.2, 0) is 13.0 Å². The molecule has 0 saturated carbocycles. The molecule has 8 heteroatoms. The van der Waals surface area contributed by atoms with Crippen molar-refractivity contribution in [1.29, 1.82) is 0 Å². The SMILES string of the molecule is CC[C@H](NC(=O)Nc1cc(Cl)ccc1OC)c1c(-n2cccc2)sc2c1CCN(C)C2. The second-order valence-corrected chi connectivity index (χ2v) is 9.22. The first kappa shape index (κ1) is 21.7. The minimum atomic E-state index is -0.279. The maximum atomic E-state index is 12.9. The Hall–Kier alpha value is -2.48. The van der Waals surface area contributed by atoms with Gasteiger partial charge in [-0.2, -0.15) is 0 Å². The Morgan fingerprint density at radius 1 is 1.32 bits per heavy atom. The lowest BCUT2D eigenvalue weighted by Crippen LogP contribution is -2.34. The highest BCUT2D eigenvalue weighted by atomic mass is 35.5. The number of nitrogens with zero attached hydrogens (tertiary/aromatic N) is 2. The first-order valence-electron chi connectivity index (χ1n) is 10.4. The van der Waals surface area contributed by atoms with Crippen molar-refractivity contribution in [2.75, 3.05) is 26.0 Å². The number of aromatic nitrogens is 1. The van der Waals surface area contributed by atoms with Crippen LogP contribution in [0, 0.1) is 0 Å². The van der Waals surface area contributed by atoms with Gasteiger partial charge in [-0.1, -0.05) is 18.5 Å². The van der Waals surface area contributed by atoms with Gasteiger partial charge in [0.1, 0.15) is 10.8 Å². The van der Waals surface area contributed by atoms with E-state index < -0.39 is 0 Å². The number of urea groups is 1. The highest BCUT2D eigenvalue weighted by molar-refractivity contribution is 7.15. The minimum Gasteiger partial charge on any atom is -0.495 e. The number of hydrogen-bond acceptors (Lipinski definition) is 4. The molecular weight excluding hydrogens is 432 g/mol. The van der Waals surface area contributed by atoms with Crippen LogP contribution in [0.25, 0.3) is 5.00 Å². The van der Waals surface area contributed by atoms with E-state index in [-0.39, 0.29) is 12.1 Å². The lowest BCUT2D eigenvalue weighted by Gasteiger charge is -2.25. The standard InChI is InChI=1S/C23H27ClN4O2S/c1-4-17(25-23(29)26-18-13-15(24)7-8-19(18)30-3)21-16-9-12-27(2)14-20(16)31-22(21)28-10-5-6-11-28/h5-8,10-11,13,17H,4,9,12,14H2,1-3H3,(H2,25,26,29)/t17-/m0/s1. The number of benzene rings is 1. The van der Waals surface area contributed by atoms with E-state index >= 15 is 0 Å². The van der Waals surface area contributed by atoms with Crippen molar-refractivity contribution in [1.82, 2.24) is 14.8 Å². The molecule has 0 spiro atoms. The number of fused-ring (bicyclic) bond motifs is 1. The smallest absolute Gasteiger partial charge is 0.319 e. The largest absolute Gasteiger partial charge is 0.495 e. The summed E-state index contributed by atoms with van der Waals surface area (Å²) < 4.78 is 7.50. The summed E-state index contributed by atoms with van der Waals surface area (Å²) in [5.41, 5.74) is 3.14. The number of ether oxygens (including phenoxy) is 1. The molecule has 0 radical (unpaired) electrons. The summed E-state index contributed by atoms with van der Waals surface area (Å²) >= 11 is 7.93. The fourth-order valence-electron chi connectivity index (χ4n) is 4.04. The average molecular weight is 459 g/mol. The number of amides is 2. The van der Waals surface area contributed by atoms with E-state index in [9.17, 15) is 4.79 Å². The van der Waals surface area contributed by atoms with Crippen LogP contribution in [0.2, 0.25) is 5.02 Å². The van der Waals surface area contributed by atoms with Gasteiger partial charge in [-0.05, 0) is 55.8 Å². The summed E-state index contributed by atoms with van der Waals surface area (Å²) in [7, 11) is 3.72. The van der Waals surface area contributed by atoms with Gasteiger partial charge in [0.15, 0.2) is 0 Å². The van der Waals surface area contributed by atoms with Crippen LogP contribution < -0.4 is 15.4 Å². The minimum absolute atomic E-state index is 0.106. The number of anilines is 1. The second kappa shape index (κ2) is 9.34. The van der Waals surface area contributed by atoms with Crippen molar-refractivity contribution in [2.45, 2.75) is 32.4 Å². The van der Waals surface area contributed by atoms with Crippen LogP contribution in [0.5, 0.6) is 5.75 Å². The Balaban J connectivity index is 1.63. The van der Waals surface area contributed by atoms with E-state index in [1.807, 2.05) is 23.5 Å². The molecule has 0 bridgehead atoms. The van der Waals surface area contributed by atoms with Gasteiger partial charge in [0.05, 0.1) is 18.8 Å². The number of carbonyl (C=O) groups excluding carboxylic acids is 1. The van der Waals surface area contributed by atoms with Crippen LogP contribution in [-0.4, -0.2) is 36.2 Å². The van der Waals surface area contributed by atoms with Gasteiger partial charge in [0.25, 0.3) is 0 Å². The Bertz CT molecular complexity index is 1060. The van der Waals surface area contributed by atoms with Crippen molar-refractivity contribution in [3.63, 3.8) is 0 Å². The Kier molecular flexibility index (Phi) is 6.55. The van der Waals surface area contributed by atoms with Crippen LogP contribution in [0.3, 0.4) is 0 Å². The summed E-state index contributed by atoms with van der Waals surface area (Å²) in [6.45, 7) is 4.06. The molecule has 4 rings (SSSR count). The number of likely N-dealkylation sites (N-methyl/N-ethyl adjacent to an activating group) is 1. The van der Waals surface area contributed by atoms with E-state index in [0.29, 0.717) is 16.5 Å². The van der Waals surface area contributed by atoms with E-state index in [4.69, 9.17) is 16.3 Å². The number of hydrogen-bond donors (Lipinski definition) is 2. The number of carbonyl (C=O) groups is 1. The molecule has 1 aliphatic rings. The molecule has 1 aromatic carbocycles. The average Bonchev–Trinajstić information content (AvgIpc) is 3.39. The molecule has 0 unspecified atom stereocenters. The summed E-state index contributed by atoms with van der Waals surface area (Å²) in [6, 6.07) is 8.84. The number of nitrogens with one attached hydrogen (secondary N) is 2. The summed E-state index contributed by atoms with van der Waals surface area (Å²) in [4.78, 5) is 16.7. The van der Waals surface area contributed by atoms with Gasteiger partial charge in [0, 0.05) is 40.9 Å². The van der Waals surface area contributed by atoms with Crippen molar-refractivity contribution < 1.29 is 9.53 Å². The fourth-order valence-corrected chi connectivity index (χ4v) is 5.66. The Labute approximate surface area is 191 Å². The Morgan fingerprint density at radius 2 is 2.10 bits per heavy atom. The summed E-state index contributed by atoms with van der Waals surface area (Å²) in [6.07, 6.45) is 5.90. The second-order valence-electron chi connectivity index (χ2n) is 7.70. The summed E-state index contributed by atoms with van der Waals surface area (Å²) in [5, 5.41) is 7.80. The molecule has 0 fully saturated rings. The molecule has 0 aliphatic carbocycles. The molecule has 6 nitrogen and oxygen atoms in total. The first-order valence-corrected chi connectivity index (χ1v) is 11.6. The molecule has 3 heterocycles. The fraction of sp³-hybridized carbons (Fsp3) is 0.348. The summed E-state index contributed by atoms with van der Waals surface area (Å²) in [5.74, 6) is 0.566. The molecule has 164 valence electrons. The lowest BCUT2D eigenvalue weighted by atomic mass is 9.96. The first-order chi connectivity index (χ1) is 15.0. The third kappa shape index (κ3) is 4.59. The molecule has 3 aromatic rings. The van der Waals surface area contributed by atoms with Crippen molar-refractivity contribution in [3.05, 3.63) is 63.8 Å². The van der Waals surface area contributed by atoms with Crippen LogP contribution >= 0.6 is 22.9 Å². The monoisotopic (exact) mass is 458 g/mol. The number of rotatable bonds is 6. The zero-order valence-electron chi connectivity index (χ0n) is 17.9. The maximum Gasteiger partial charge on any atom is 0.319 e. The number of thiophene rings is 1. The van der Waals surface area contributed by atoms with E-state index in [1.54, 1.807) is 25.3 Å². The number of halogens is 1. The van der Waals surface area contributed by atoms with Gasteiger partial charge < -0.3 is 24.8 Å². The third-order valence-electron chi connectivity index (χ3n) is 5.58. The van der Waals surface area contributed by atoms with E-state index in [1.165, 1.54) is 21.0 Å². The van der Waals surface area contributed by atoms with Crippen LogP contribution in [0.1, 0.15) is 35.4 Å². The van der Waals surface area contributed by atoms with Crippen molar-refractivity contribution in [3.8, 4) is 10.8 Å². The molecule has 31 heavy (non-hydrogen) atoms. The molecule has 2 amide bonds. The van der Waals surface area contributed by atoms with Crippen molar-refractivity contribution >= 4 is 34.7 Å². The van der Waals surface area contributed by atoms with Gasteiger partial charge >= 0.3 is 6.03 Å². The Morgan fingerprint density at radius 3 is 2.81 bits per heavy atom. The zero-order chi connectivity index (χ0) is 22.0. The molecule has 2 aromatic heterocycles. The molecule has 1 aliphatic heterocycles. The van der Waals surface area contributed by atoms with Gasteiger partial charge in [-0.15, -0.1) is 11.3 Å². The quantitative estimate of drug-likeness (QED) is 0.515. The normalized spacial score (nSPS) is 14.7. The van der Waals surface area contributed by atoms with Gasteiger partial charge in [-0.3, -0.25) is 0 Å². The van der Waals surface area contributed by atoms with Crippen LogP contribution in [0.4, 0.5) is 10.5 Å². The predicted molar refractivity (Wildman–Crippen MR) is 127 cm³/mol. The molecule has 0 saturated heterocycles. The van der Waals surface area contributed by atoms with Crippen LogP contribution in [0.15, 0.2) is 42.7 Å².